The lowest BCUT2D eigenvalue weighted by atomic mass is 9.94. The Kier molecular flexibility index (Phi) is 3.54. The summed E-state index contributed by atoms with van der Waals surface area (Å²) < 4.78 is 5.75. The molecule has 0 aliphatic carbocycles. The molecule has 1 atom stereocenters. The molecule has 1 aromatic heterocycles. The Morgan fingerprint density at radius 3 is 2.88 bits per heavy atom. The molecule has 1 aliphatic rings. The van der Waals surface area contributed by atoms with E-state index in [1.807, 2.05) is 6.20 Å². The van der Waals surface area contributed by atoms with Crippen molar-refractivity contribution in [1.29, 1.82) is 0 Å². The van der Waals surface area contributed by atoms with Crippen LogP contribution in [0.25, 0.3) is 0 Å². The Bertz CT molecular complexity index is 368. The minimum atomic E-state index is -0.194. The molecule has 1 N–H and O–H groups in total. The zero-order chi connectivity index (χ0) is 12.5. The van der Waals surface area contributed by atoms with Gasteiger partial charge in [0.15, 0.2) is 0 Å². The van der Waals surface area contributed by atoms with E-state index in [2.05, 4.69) is 30.7 Å². The summed E-state index contributed by atoms with van der Waals surface area (Å²) in [5.41, 5.74) is 0.00661. The maximum atomic E-state index is 9.60. The van der Waals surface area contributed by atoms with Crippen molar-refractivity contribution in [1.82, 2.24) is 9.88 Å². The molecular formula is C13H22N2O2. The molecule has 0 saturated carbocycles. The van der Waals surface area contributed by atoms with E-state index < -0.39 is 0 Å². The fourth-order valence-electron chi connectivity index (χ4n) is 2.10. The molecule has 96 valence electrons. The third-order valence-electron chi connectivity index (χ3n) is 3.13. The number of nitrogens with zero attached hydrogens (tertiary/aromatic N) is 2. The first-order chi connectivity index (χ1) is 7.95. The number of aliphatic hydroxyl groups excluding tert-OH is 1. The largest absolute Gasteiger partial charge is 0.444 e. The van der Waals surface area contributed by atoms with Crippen LogP contribution in [0.15, 0.2) is 10.6 Å². The Labute approximate surface area is 103 Å². The monoisotopic (exact) mass is 238 g/mol. The SMILES string of the molecule is CC(C)(C)c1cnc(CN2CCCC(O)C2)o1. The maximum absolute atomic E-state index is 9.60. The molecule has 0 aromatic carbocycles. The van der Waals surface area contributed by atoms with Crippen molar-refractivity contribution < 1.29 is 9.52 Å². The molecule has 0 bridgehead atoms. The lowest BCUT2D eigenvalue weighted by Gasteiger charge is -2.28. The molecule has 4 nitrogen and oxygen atoms in total. The Balaban J connectivity index is 1.97. The zero-order valence-corrected chi connectivity index (χ0v) is 10.9. The Morgan fingerprint density at radius 2 is 2.29 bits per heavy atom. The fourth-order valence-corrected chi connectivity index (χ4v) is 2.10. The topological polar surface area (TPSA) is 49.5 Å². The summed E-state index contributed by atoms with van der Waals surface area (Å²) in [7, 11) is 0. The third kappa shape index (κ3) is 3.30. The molecule has 1 aromatic rings. The first-order valence-corrected chi connectivity index (χ1v) is 6.31. The number of aromatic nitrogens is 1. The average Bonchev–Trinajstić information content (AvgIpc) is 2.65. The van der Waals surface area contributed by atoms with Crippen molar-refractivity contribution in [3.63, 3.8) is 0 Å². The van der Waals surface area contributed by atoms with Gasteiger partial charge in [-0.25, -0.2) is 4.98 Å². The van der Waals surface area contributed by atoms with Crippen LogP contribution in [0.4, 0.5) is 0 Å². The predicted molar refractivity (Wildman–Crippen MR) is 65.7 cm³/mol. The van der Waals surface area contributed by atoms with Crippen LogP contribution in [0, 0.1) is 0 Å². The normalized spacial score (nSPS) is 22.9. The van der Waals surface area contributed by atoms with Crippen LogP contribution in [-0.4, -0.2) is 34.2 Å². The highest BCUT2D eigenvalue weighted by atomic mass is 16.4. The maximum Gasteiger partial charge on any atom is 0.208 e. The van der Waals surface area contributed by atoms with Crippen LogP contribution in [0.2, 0.25) is 0 Å². The van der Waals surface area contributed by atoms with Crippen molar-refractivity contribution >= 4 is 0 Å². The lowest BCUT2D eigenvalue weighted by molar-refractivity contribution is 0.0620. The summed E-state index contributed by atoms with van der Waals surface area (Å²) in [6.45, 7) is 8.79. The van der Waals surface area contributed by atoms with Gasteiger partial charge in [0.25, 0.3) is 0 Å². The van der Waals surface area contributed by atoms with Crippen LogP contribution >= 0.6 is 0 Å². The second-order valence-corrected chi connectivity index (χ2v) is 5.90. The number of piperidine rings is 1. The van der Waals surface area contributed by atoms with Gasteiger partial charge in [-0.05, 0) is 19.4 Å². The lowest BCUT2D eigenvalue weighted by Crippen LogP contribution is -2.37. The quantitative estimate of drug-likeness (QED) is 0.855. The van der Waals surface area contributed by atoms with E-state index in [0.29, 0.717) is 6.54 Å². The van der Waals surface area contributed by atoms with Gasteiger partial charge in [-0.2, -0.15) is 0 Å². The van der Waals surface area contributed by atoms with E-state index in [1.165, 1.54) is 0 Å². The van der Waals surface area contributed by atoms with E-state index in [1.54, 1.807) is 0 Å². The number of oxazole rings is 1. The molecule has 0 radical (unpaired) electrons. The van der Waals surface area contributed by atoms with Crippen molar-refractivity contribution in [2.24, 2.45) is 0 Å². The van der Waals surface area contributed by atoms with E-state index in [9.17, 15) is 5.11 Å². The van der Waals surface area contributed by atoms with Crippen molar-refractivity contribution in [3.05, 3.63) is 17.8 Å². The zero-order valence-electron chi connectivity index (χ0n) is 10.9. The van der Waals surface area contributed by atoms with Crippen molar-refractivity contribution in [2.45, 2.75) is 51.7 Å². The Morgan fingerprint density at radius 1 is 1.53 bits per heavy atom. The highest BCUT2D eigenvalue weighted by molar-refractivity contribution is 5.06. The molecular weight excluding hydrogens is 216 g/mol. The number of hydrogen-bond donors (Lipinski definition) is 1. The predicted octanol–water partition coefficient (Wildman–Crippen LogP) is 1.93. The minimum Gasteiger partial charge on any atom is -0.444 e. The number of hydrogen-bond acceptors (Lipinski definition) is 4. The van der Waals surface area contributed by atoms with Crippen LogP contribution in [0.3, 0.4) is 0 Å². The van der Waals surface area contributed by atoms with Gasteiger partial charge in [0.2, 0.25) is 5.89 Å². The molecule has 17 heavy (non-hydrogen) atoms. The van der Waals surface area contributed by atoms with Gasteiger partial charge in [0.1, 0.15) is 5.76 Å². The number of rotatable bonds is 2. The van der Waals surface area contributed by atoms with E-state index in [4.69, 9.17) is 4.42 Å². The molecule has 0 amide bonds. The molecule has 0 spiro atoms. The second-order valence-electron chi connectivity index (χ2n) is 5.90. The summed E-state index contributed by atoms with van der Waals surface area (Å²) in [4.78, 5) is 6.51. The average molecular weight is 238 g/mol. The summed E-state index contributed by atoms with van der Waals surface area (Å²) in [6, 6.07) is 0. The van der Waals surface area contributed by atoms with Crippen LogP contribution < -0.4 is 0 Å². The highest BCUT2D eigenvalue weighted by Gasteiger charge is 2.22. The minimum absolute atomic E-state index is 0.00661. The van der Waals surface area contributed by atoms with Gasteiger partial charge in [-0.15, -0.1) is 0 Å². The first kappa shape index (κ1) is 12.6. The van der Waals surface area contributed by atoms with Gasteiger partial charge in [-0.1, -0.05) is 20.8 Å². The summed E-state index contributed by atoms with van der Waals surface area (Å²) in [5.74, 6) is 1.68. The molecule has 2 rings (SSSR count). The standard InChI is InChI=1S/C13H22N2O2/c1-13(2,3)11-7-14-12(17-11)9-15-6-4-5-10(16)8-15/h7,10,16H,4-6,8-9H2,1-3H3. The first-order valence-electron chi connectivity index (χ1n) is 6.31. The van der Waals surface area contributed by atoms with E-state index >= 15 is 0 Å². The number of likely N-dealkylation sites (tertiary alicyclic amines) is 1. The Hall–Kier alpha value is -0.870. The molecule has 1 aliphatic heterocycles. The number of β-amino-alcohol motifs (C(OH)–C–C–N with tert-alkyl or cyclic N) is 1. The van der Waals surface area contributed by atoms with Crippen molar-refractivity contribution in [2.75, 3.05) is 13.1 Å². The van der Waals surface area contributed by atoms with Crippen molar-refractivity contribution in [3.8, 4) is 0 Å². The van der Waals surface area contributed by atoms with Gasteiger partial charge in [0, 0.05) is 12.0 Å². The molecule has 1 fully saturated rings. The summed E-state index contributed by atoms with van der Waals surface area (Å²) in [5, 5.41) is 9.60. The van der Waals surface area contributed by atoms with E-state index in [-0.39, 0.29) is 11.5 Å². The molecule has 1 unspecified atom stereocenters. The molecule has 2 heterocycles. The van der Waals surface area contributed by atoms with Gasteiger partial charge in [-0.3, -0.25) is 4.90 Å². The fraction of sp³-hybridized carbons (Fsp3) is 0.769. The van der Waals surface area contributed by atoms with Crippen LogP contribution in [-0.2, 0) is 12.0 Å². The van der Waals surface area contributed by atoms with Gasteiger partial charge in [0.05, 0.1) is 18.8 Å². The highest BCUT2D eigenvalue weighted by Crippen LogP contribution is 2.23. The second kappa shape index (κ2) is 4.78. The van der Waals surface area contributed by atoms with E-state index in [0.717, 1.165) is 37.6 Å². The molecule has 4 heteroatoms. The smallest absolute Gasteiger partial charge is 0.208 e. The summed E-state index contributed by atoms with van der Waals surface area (Å²) in [6.07, 6.45) is 3.58. The summed E-state index contributed by atoms with van der Waals surface area (Å²) >= 11 is 0. The van der Waals surface area contributed by atoms with Gasteiger partial charge < -0.3 is 9.52 Å². The third-order valence-corrected chi connectivity index (χ3v) is 3.13. The van der Waals surface area contributed by atoms with Crippen LogP contribution in [0.5, 0.6) is 0 Å². The molecule has 1 saturated heterocycles. The van der Waals surface area contributed by atoms with Crippen LogP contribution in [0.1, 0.15) is 45.3 Å². The number of aliphatic hydroxyl groups is 1. The van der Waals surface area contributed by atoms with Gasteiger partial charge >= 0.3 is 0 Å².